The van der Waals surface area contributed by atoms with Gasteiger partial charge in [-0.05, 0) is 111 Å². The van der Waals surface area contributed by atoms with Crippen molar-refractivity contribution >= 4 is 11.9 Å². The maximum Gasteiger partial charge on any atom is 0.309 e. The lowest BCUT2D eigenvalue weighted by Crippen LogP contribution is -2.69. The Bertz CT molecular complexity index is 764. The van der Waals surface area contributed by atoms with Crippen molar-refractivity contribution in [2.75, 3.05) is 0 Å². The first-order valence-corrected chi connectivity index (χ1v) is 11.4. The van der Waals surface area contributed by atoms with E-state index in [4.69, 9.17) is 0 Å². The molecule has 8 fully saturated rings. The van der Waals surface area contributed by atoms with E-state index in [9.17, 15) is 19.8 Å². The molecule has 0 aliphatic heterocycles. The molecule has 0 radical (unpaired) electrons. The Morgan fingerprint density at radius 2 is 1.14 bits per heavy atom. The third-order valence-electron chi connectivity index (χ3n) is 10.7. The lowest BCUT2D eigenvalue weighted by Gasteiger charge is -2.76. The highest BCUT2D eigenvalue weighted by molar-refractivity contribution is 5.77. The van der Waals surface area contributed by atoms with E-state index in [1.165, 1.54) is 19.3 Å². The number of carboxylic acid groups (broad SMARTS) is 2. The van der Waals surface area contributed by atoms with Crippen LogP contribution in [0.4, 0.5) is 0 Å². The number of hydrogen-bond acceptors (Lipinski definition) is 2. The summed E-state index contributed by atoms with van der Waals surface area (Å²) in [6.45, 7) is 4.70. The maximum atomic E-state index is 12.6. The van der Waals surface area contributed by atoms with Gasteiger partial charge < -0.3 is 10.2 Å². The van der Waals surface area contributed by atoms with Gasteiger partial charge in [0.1, 0.15) is 0 Å². The summed E-state index contributed by atoms with van der Waals surface area (Å²) in [7, 11) is 0. The van der Waals surface area contributed by atoms with Gasteiger partial charge in [-0.2, -0.15) is 0 Å². The quantitative estimate of drug-likeness (QED) is 0.707. The molecular formula is C24H34O4. The summed E-state index contributed by atoms with van der Waals surface area (Å²) in [6, 6.07) is 0. The van der Waals surface area contributed by atoms with Crippen LogP contribution in [0.25, 0.3) is 0 Å². The van der Waals surface area contributed by atoms with Crippen molar-refractivity contribution in [1.29, 1.82) is 0 Å². The number of hydrogen-bond donors (Lipinski definition) is 2. The van der Waals surface area contributed by atoms with E-state index >= 15 is 0 Å². The smallest absolute Gasteiger partial charge is 0.309 e. The monoisotopic (exact) mass is 386 g/mol. The molecule has 154 valence electrons. The third-order valence-corrected chi connectivity index (χ3v) is 10.7. The molecule has 2 N–H and O–H groups in total. The topological polar surface area (TPSA) is 74.6 Å². The molecule has 8 rings (SSSR count). The minimum absolute atomic E-state index is 0.0437. The van der Waals surface area contributed by atoms with Gasteiger partial charge in [0.25, 0.3) is 0 Å². The number of rotatable bonds is 3. The van der Waals surface area contributed by atoms with Gasteiger partial charge >= 0.3 is 11.9 Å². The fourth-order valence-electron chi connectivity index (χ4n) is 11.6. The van der Waals surface area contributed by atoms with Crippen molar-refractivity contribution in [1.82, 2.24) is 0 Å². The third kappa shape index (κ3) is 1.94. The van der Waals surface area contributed by atoms with E-state index in [1.54, 1.807) is 0 Å². The lowest BCUT2D eigenvalue weighted by molar-refractivity contribution is -0.272. The average molecular weight is 387 g/mol. The Balaban J connectivity index is 1.51. The van der Waals surface area contributed by atoms with E-state index in [0.29, 0.717) is 11.8 Å². The van der Waals surface area contributed by atoms with Crippen LogP contribution in [0.1, 0.15) is 90.9 Å². The zero-order chi connectivity index (χ0) is 19.8. The summed E-state index contributed by atoms with van der Waals surface area (Å²) in [5, 5.41) is 20.6. The highest BCUT2D eigenvalue weighted by Crippen LogP contribution is 2.82. The fourth-order valence-corrected chi connectivity index (χ4v) is 11.6. The Morgan fingerprint density at radius 3 is 1.64 bits per heavy atom. The lowest BCUT2D eigenvalue weighted by atomic mass is 9.27. The molecule has 0 heterocycles. The minimum atomic E-state index is -0.578. The molecule has 0 aromatic rings. The van der Waals surface area contributed by atoms with E-state index in [1.807, 2.05) is 0 Å². The minimum Gasteiger partial charge on any atom is -0.481 e. The van der Waals surface area contributed by atoms with Crippen LogP contribution in [0.5, 0.6) is 0 Å². The first-order chi connectivity index (χ1) is 13.0. The first kappa shape index (κ1) is 17.8. The molecule has 8 saturated carbocycles. The maximum absolute atomic E-state index is 12.6. The van der Waals surface area contributed by atoms with Crippen molar-refractivity contribution in [3.63, 3.8) is 0 Å². The van der Waals surface area contributed by atoms with Crippen LogP contribution in [-0.4, -0.2) is 22.2 Å². The molecule has 4 heteroatoms. The molecule has 4 nitrogen and oxygen atoms in total. The van der Waals surface area contributed by atoms with Crippen molar-refractivity contribution in [2.45, 2.75) is 90.9 Å². The molecule has 0 spiro atoms. The van der Waals surface area contributed by atoms with E-state index in [-0.39, 0.29) is 21.7 Å². The molecule has 0 saturated heterocycles. The number of carboxylic acids is 2. The molecular weight excluding hydrogens is 352 g/mol. The van der Waals surface area contributed by atoms with E-state index < -0.39 is 22.8 Å². The van der Waals surface area contributed by atoms with Gasteiger partial charge in [-0.15, -0.1) is 0 Å². The van der Waals surface area contributed by atoms with Crippen LogP contribution in [-0.2, 0) is 9.59 Å². The van der Waals surface area contributed by atoms with Gasteiger partial charge in [0.05, 0.1) is 10.8 Å². The molecule has 0 aromatic carbocycles. The zero-order valence-electron chi connectivity index (χ0n) is 17.4. The fraction of sp³-hybridized carbons (Fsp3) is 0.917. The van der Waals surface area contributed by atoms with Crippen molar-refractivity contribution in [3.05, 3.63) is 0 Å². The second-order valence-corrected chi connectivity index (χ2v) is 13.4. The van der Waals surface area contributed by atoms with Gasteiger partial charge in [0.15, 0.2) is 0 Å². The molecule has 8 aliphatic carbocycles. The molecule has 28 heavy (non-hydrogen) atoms. The summed E-state index contributed by atoms with van der Waals surface area (Å²) in [6.07, 6.45) is 12.0. The second kappa shape index (κ2) is 4.64. The molecule has 0 amide bonds. The Morgan fingerprint density at radius 1 is 0.643 bits per heavy atom. The predicted octanol–water partition coefficient (Wildman–Crippen LogP) is 5.11. The highest BCUT2D eigenvalue weighted by atomic mass is 16.4. The first-order valence-electron chi connectivity index (χ1n) is 11.4. The summed E-state index contributed by atoms with van der Waals surface area (Å²) >= 11 is 0. The Hall–Kier alpha value is -1.06. The average Bonchev–Trinajstić information content (AvgIpc) is 2.49. The molecule has 8 aliphatic rings. The Kier molecular flexibility index (Phi) is 2.95. The zero-order valence-corrected chi connectivity index (χ0v) is 17.4. The van der Waals surface area contributed by atoms with Crippen molar-refractivity contribution in [3.8, 4) is 0 Å². The summed E-state index contributed by atoms with van der Waals surface area (Å²) in [4.78, 5) is 25.0. The summed E-state index contributed by atoms with van der Waals surface area (Å²) < 4.78 is 0. The van der Waals surface area contributed by atoms with Crippen LogP contribution in [0, 0.1) is 44.3 Å². The number of aliphatic carboxylic acids is 2. The SMILES string of the molecule is CC12CC3(C)CC(C(=O)O)(C1)CC(C14CC5CC(CC(C(=O)O)(C5)C1)C4)(C2)C3. The van der Waals surface area contributed by atoms with Gasteiger partial charge in [-0.3, -0.25) is 9.59 Å². The highest BCUT2D eigenvalue weighted by Gasteiger charge is 2.75. The molecule has 4 unspecified atom stereocenters. The normalized spacial score (nSPS) is 60.9. The molecule has 8 bridgehead atoms. The summed E-state index contributed by atoms with van der Waals surface area (Å²) in [5.74, 6) is -0.0503. The standard InChI is InChI=1S/C24H34O4/c1-19-8-20(2)10-22(9-19,18(27)28)14-24(11-19,12-20)23-6-15-3-16(7-23)5-21(4-15,13-23)17(25)26/h15-16H,3-14H2,1-2H3,(H,25,26)(H,27,28). The van der Waals surface area contributed by atoms with Gasteiger partial charge in [-0.1, -0.05) is 13.8 Å². The van der Waals surface area contributed by atoms with Gasteiger partial charge in [0.2, 0.25) is 0 Å². The molecule has 4 atom stereocenters. The van der Waals surface area contributed by atoms with Crippen molar-refractivity contribution < 1.29 is 19.8 Å². The van der Waals surface area contributed by atoms with Crippen LogP contribution in [0.15, 0.2) is 0 Å². The van der Waals surface area contributed by atoms with Crippen LogP contribution >= 0.6 is 0 Å². The largest absolute Gasteiger partial charge is 0.481 e. The van der Waals surface area contributed by atoms with Gasteiger partial charge in [0, 0.05) is 0 Å². The van der Waals surface area contributed by atoms with Crippen LogP contribution in [0.3, 0.4) is 0 Å². The van der Waals surface area contributed by atoms with E-state index in [2.05, 4.69) is 13.8 Å². The number of carbonyl (C=O) groups is 2. The Labute approximate surface area is 167 Å². The van der Waals surface area contributed by atoms with E-state index in [0.717, 1.165) is 57.8 Å². The van der Waals surface area contributed by atoms with Crippen LogP contribution in [0.2, 0.25) is 0 Å². The summed E-state index contributed by atoms with van der Waals surface area (Å²) in [5.41, 5.74) is -0.755. The second-order valence-electron chi connectivity index (χ2n) is 13.4. The molecule has 0 aromatic heterocycles. The van der Waals surface area contributed by atoms with Gasteiger partial charge in [-0.25, -0.2) is 0 Å². The predicted molar refractivity (Wildman–Crippen MR) is 104 cm³/mol. The van der Waals surface area contributed by atoms with Crippen molar-refractivity contribution in [2.24, 2.45) is 44.3 Å². The van der Waals surface area contributed by atoms with Crippen LogP contribution < -0.4 is 0 Å².